The second-order valence-electron chi connectivity index (χ2n) is 7.37. The maximum absolute atomic E-state index is 12.8. The van der Waals surface area contributed by atoms with E-state index in [2.05, 4.69) is 12.2 Å². The fourth-order valence-electron chi connectivity index (χ4n) is 3.28. The average Bonchev–Trinajstić information content (AvgIpc) is 2.71. The van der Waals surface area contributed by atoms with Crippen molar-refractivity contribution in [2.24, 2.45) is 5.92 Å². The van der Waals surface area contributed by atoms with Crippen LogP contribution in [-0.4, -0.2) is 38.8 Å². The third-order valence-electron chi connectivity index (χ3n) is 5.23. The smallest absolute Gasteiger partial charge is 0.255 e. The number of ether oxygens (including phenoxy) is 1. The minimum Gasteiger partial charge on any atom is -0.495 e. The van der Waals surface area contributed by atoms with Crippen LogP contribution < -0.4 is 10.1 Å². The monoisotopic (exact) mass is 436 g/mol. The second-order valence-corrected chi connectivity index (χ2v) is 9.71. The van der Waals surface area contributed by atoms with Gasteiger partial charge in [-0.05, 0) is 61.6 Å². The van der Waals surface area contributed by atoms with Crippen LogP contribution in [0.2, 0.25) is 5.02 Å². The average molecular weight is 437 g/mol. The van der Waals surface area contributed by atoms with Crippen molar-refractivity contribution in [3.05, 3.63) is 52.5 Å². The van der Waals surface area contributed by atoms with E-state index in [0.29, 0.717) is 41.0 Å². The molecule has 1 amide bonds. The number of piperidine rings is 1. The molecule has 2 aromatic carbocycles. The molecule has 3 rings (SSSR count). The third kappa shape index (κ3) is 4.74. The van der Waals surface area contributed by atoms with E-state index in [1.165, 1.54) is 35.7 Å². The molecule has 2 aromatic rings. The normalized spacial score (nSPS) is 15.9. The molecule has 156 valence electrons. The zero-order chi connectivity index (χ0) is 21.2. The first kappa shape index (κ1) is 21.6. The van der Waals surface area contributed by atoms with Crippen LogP contribution in [0.15, 0.2) is 41.3 Å². The number of methoxy groups -OCH3 is 1. The van der Waals surface area contributed by atoms with E-state index >= 15 is 0 Å². The Morgan fingerprint density at radius 1 is 1.17 bits per heavy atom. The molecule has 8 heteroatoms. The first-order valence-corrected chi connectivity index (χ1v) is 11.3. The van der Waals surface area contributed by atoms with Crippen LogP contribution in [0.4, 0.5) is 5.69 Å². The summed E-state index contributed by atoms with van der Waals surface area (Å²) in [5, 5.41) is 3.33. The number of amides is 1. The summed E-state index contributed by atoms with van der Waals surface area (Å²) in [6.45, 7) is 5.02. The lowest BCUT2D eigenvalue weighted by Gasteiger charge is -2.29. The number of hydrogen-bond acceptors (Lipinski definition) is 4. The fourth-order valence-corrected chi connectivity index (χ4v) is 4.90. The molecule has 0 unspecified atom stereocenters. The van der Waals surface area contributed by atoms with E-state index in [0.717, 1.165) is 18.4 Å². The molecule has 29 heavy (non-hydrogen) atoms. The number of sulfonamides is 1. The molecule has 0 radical (unpaired) electrons. The highest BCUT2D eigenvalue weighted by molar-refractivity contribution is 7.89. The van der Waals surface area contributed by atoms with Crippen molar-refractivity contribution < 1.29 is 17.9 Å². The quantitative estimate of drug-likeness (QED) is 0.756. The molecule has 1 heterocycles. The van der Waals surface area contributed by atoms with Gasteiger partial charge in [0.2, 0.25) is 10.0 Å². The van der Waals surface area contributed by atoms with Crippen LogP contribution >= 0.6 is 11.6 Å². The standard InChI is InChI=1S/C21H25ClN2O4S/c1-14-8-10-24(11-9-14)29(26,27)17-6-4-16(5-7-17)21(25)23-19-12-15(2)18(22)13-20(19)28-3/h4-7,12-14H,8-11H2,1-3H3,(H,23,25). The number of aryl methyl sites for hydroxylation is 1. The summed E-state index contributed by atoms with van der Waals surface area (Å²) in [6.07, 6.45) is 1.73. The van der Waals surface area contributed by atoms with Crippen molar-refractivity contribution in [1.82, 2.24) is 4.31 Å². The molecular formula is C21H25ClN2O4S. The molecule has 0 spiro atoms. The Labute approximate surface area is 176 Å². The molecular weight excluding hydrogens is 412 g/mol. The number of carbonyl (C=O) groups excluding carboxylic acids is 1. The summed E-state index contributed by atoms with van der Waals surface area (Å²) in [7, 11) is -2.04. The Balaban J connectivity index is 1.76. The molecule has 0 saturated carbocycles. The molecule has 1 N–H and O–H groups in total. The van der Waals surface area contributed by atoms with Gasteiger partial charge in [-0.25, -0.2) is 8.42 Å². The number of nitrogens with one attached hydrogen (secondary N) is 1. The van der Waals surface area contributed by atoms with Gasteiger partial charge >= 0.3 is 0 Å². The maximum atomic E-state index is 12.8. The maximum Gasteiger partial charge on any atom is 0.255 e. The van der Waals surface area contributed by atoms with Crippen molar-refractivity contribution in [3.8, 4) is 5.75 Å². The lowest BCUT2D eigenvalue weighted by Crippen LogP contribution is -2.37. The first-order valence-electron chi connectivity index (χ1n) is 9.48. The van der Waals surface area contributed by atoms with Gasteiger partial charge in [0.1, 0.15) is 5.75 Å². The zero-order valence-electron chi connectivity index (χ0n) is 16.7. The van der Waals surface area contributed by atoms with E-state index in [4.69, 9.17) is 16.3 Å². The number of nitrogens with zero attached hydrogens (tertiary/aromatic N) is 1. The fraction of sp³-hybridized carbons (Fsp3) is 0.381. The van der Waals surface area contributed by atoms with Gasteiger partial charge in [0.05, 0.1) is 17.7 Å². The summed E-state index contributed by atoms with van der Waals surface area (Å²) >= 11 is 6.10. The Morgan fingerprint density at radius 3 is 2.38 bits per heavy atom. The van der Waals surface area contributed by atoms with Gasteiger partial charge in [-0.2, -0.15) is 4.31 Å². The van der Waals surface area contributed by atoms with Crippen LogP contribution in [0.25, 0.3) is 0 Å². The van der Waals surface area contributed by atoms with Crippen molar-refractivity contribution >= 4 is 33.2 Å². The van der Waals surface area contributed by atoms with Gasteiger partial charge in [0.25, 0.3) is 5.91 Å². The van der Waals surface area contributed by atoms with E-state index in [9.17, 15) is 13.2 Å². The Kier molecular flexibility index (Phi) is 6.51. The van der Waals surface area contributed by atoms with Gasteiger partial charge in [-0.15, -0.1) is 0 Å². The first-order chi connectivity index (χ1) is 13.7. The van der Waals surface area contributed by atoms with E-state index in [1.807, 2.05) is 6.92 Å². The van der Waals surface area contributed by atoms with Gasteiger partial charge in [-0.1, -0.05) is 18.5 Å². The van der Waals surface area contributed by atoms with Gasteiger partial charge in [0, 0.05) is 29.7 Å². The molecule has 6 nitrogen and oxygen atoms in total. The van der Waals surface area contributed by atoms with Crippen molar-refractivity contribution in [1.29, 1.82) is 0 Å². The number of anilines is 1. The van der Waals surface area contributed by atoms with Gasteiger partial charge < -0.3 is 10.1 Å². The highest BCUT2D eigenvalue weighted by atomic mass is 35.5. The minimum atomic E-state index is -3.54. The summed E-state index contributed by atoms with van der Waals surface area (Å²) in [6, 6.07) is 9.37. The number of rotatable bonds is 5. The van der Waals surface area contributed by atoms with Crippen LogP contribution in [-0.2, 0) is 10.0 Å². The zero-order valence-corrected chi connectivity index (χ0v) is 18.3. The summed E-state index contributed by atoms with van der Waals surface area (Å²) < 4.78 is 32.4. The Bertz CT molecular complexity index is 998. The van der Waals surface area contributed by atoms with Crippen LogP contribution in [0.1, 0.15) is 35.7 Å². The third-order valence-corrected chi connectivity index (χ3v) is 7.55. The van der Waals surface area contributed by atoms with E-state index in [-0.39, 0.29) is 10.8 Å². The number of hydrogen-bond donors (Lipinski definition) is 1. The van der Waals surface area contributed by atoms with Crippen LogP contribution in [0.5, 0.6) is 5.75 Å². The topological polar surface area (TPSA) is 75.7 Å². The van der Waals surface area contributed by atoms with E-state index in [1.54, 1.807) is 12.1 Å². The van der Waals surface area contributed by atoms with Gasteiger partial charge in [-0.3, -0.25) is 4.79 Å². The lowest BCUT2D eigenvalue weighted by molar-refractivity contribution is 0.102. The molecule has 1 aliphatic rings. The number of halogens is 1. The molecule has 0 atom stereocenters. The van der Waals surface area contributed by atoms with Crippen LogP contribution in [0.3, 0.4) is 0 Å². The van der Waals surface area contributed by atoms with E-state index < -0.39 is 10.0 Å². The lowest BCUT2D eigenvalue weighted by atomic mass is 10.0. The van der Waals surface area contributed by atoms with Crippen molar-refractivity contribution in [2.75, 3.05) is 25.5 Å². The van der Waals surface area contributed by atoms with Crippen molar-refractivity contribution in [3.63, 3.8) is 0 Å². The summed E-state index contributed by atoms with van der Waals surface area (Å²) in [5.41, 5.74) is 1.66. The summed E-state index contributed by atoms with van der Waals surface area (Å²) in [5.74, 6) is 0.634. The minimum absolute atomic E-state index is 0.198. The molecule has 0 aliphatic carbocycles. The van der Waals surface area contributed by atoms with Crippen molar-refractivity contribution in [2.45, 2.75) is 31.6 Å². The highest BCUT2D eigenvalue weighted by Crippen LogP contribution is 2.31. The molecule has 0 aromatic heterocycles. The number of benzene rings is 2. The molecule has 0 bridgehead atoms. The SMILES string of the molecule is COc1cc(Cl)c(C)cc1NC(=O)c1ccc(S(=O)(=O)N2CCC(C)CC2)cc1. The predicted octanol–water partition coefficient (Wildman–Crippen LogP) is 4.33. The molecule has 1 aliphatic heterocycles. The van der Waals surface area contributed by atoms with Gasteiger partial charge in [0.15, 0.2) is 0 Å². The predicted molar refractivity (Wildman–Crippen MR) is 114 cm³/mol. The van der Waals surface area contributed by atoms with Crippen LogP contribution in [0, 0.1) is 12.8 Å². The highest BCUT2D eigenvalue weighted by Gasteiger charge is 2.28. The molecule has 1 fully saturated rings. The molecule has 1 saturated heterocycles. The number of carbonyl (C=O) groups is 1. The summed E-state index contributed by atoms with van der Waals surface area (Å²) in [4.78, 5) is 12.8. The Hall–Kier alpha value is -2.09. The Morgan fingerprint density at radius 2 is 1.79 bits per heavy atom. The largest absolute Gasteiger partial charge is 0.495 e. The second kappa shape index (κ2) is 8.73.